The Balaban J connectivity index is 1.22. The first-order valence-electron chi connectivity index (χ1n) is 16.5. The largest absolute Gasteiger partial charge is 0.309 e. The Bertz CT molecular complexity index is 3110. The number of hydrogen-bond acceptors (Lipinski definition) is 3. The lowest BCUT2D eigenvalue weighted by Crippen LogP contribution is -2.03. The van der Waals surface area contributed by atoms with Crippen molar-refractivity contribution < 1.29 is 0 Å². The second-order valence-corrected chi connectivity index (χ2v) is 13.7. The SMILES string of the molecule is c1ccc(-n2c3ccccc3c3cc4c(cc32)c2ccccc2n4-c2nc(-c3ccc4c(c3)sc3ccccc34)c3ccccc3n2)cc1. The maximum absolute atomic E-state index is 5.42. The van der Waals surface area contributed by atoms with E-state index in [0.717, 1.165) is 38.9 Å². The molecule has 0 aliphatic heterocycles. The summed E-state index contributed by atoms with van der Waals surface area (Å²) in [5, 5.41) is 8.39. The predicted octanol–water partition coefficient (Wildman–Crippen LogP) is 11.9. The van der Waals surface area contributed by atoms with E-state index in [-0.39, 0.29) is 0 Å². The molecule has 11 aromatic rings. The number of fused-ring (bicyclic) bond motifs is 10. The van der Waals surface area contributed by atoms with E-state index >= 15 is 0 Å². The van der Waals surface area contributed by atoms with E-state index in [9.17, 15) is 0 Å². The fourth-order valence-electron chi connectivity index (χ4n) is 7.76. The molecule has 0 saturated carbocycles. The van der Waals surface area contributed by atoms with Crippen molar-refractivity contribution in [1.82, 2.24) is 19.1 Å². The van der Waals surface area contributed by atoms with Gasteiger partial charge in [-0.05, 0) is 54.6 Å². The summed E-state index contributed by atoms with van der Waals surface area (Å²) in [5.41, 5.74) is 8.64. The van der Waals surface area contributed by atoms with Crippen LogP contribution < -0.4 is 0 Å². The van der Waals surface area contributed by atoms with Crippen molar-refractivity contribution in [2.75, 3.05) is 0 Å². The van der Waals surface area contributed by atoms with Gasteiger partial charge in [0, 0.05) is 58.4 Å². The van der Waals surface area contributed by atoms with Crippen LogP contribution in [0.25, 0.3) is 97.6 Å². The number of nitrogens with zero attached hydrogens (tertiary/aromatic N) is 4. The van der Waals surface area contributed by atoms with Gasteiger partial charge in [-0.15, -0.1) is 11.3 Å². The summed E-state index contributed by atoms with van der Waals surface area (Å²) in [7, 11) is 0. The first-order chi connectivity index (χ1) is 24.3. The second-order valence-electron chi connectivity index (χ2n) is 12.6. The molecule has 0 spiro atoms. The molecule has 4 nitrogen and oxygen atoms in total. The molecular weight excluding hydrogens is 617 g/mol. The maximum atomic E-state index is 5.42. The minimum absolute atomic E-state index is 0.669. The number of benzene rings is 7. The van der Waals surface area contributed by atoms with Crippen LogP contribution in [-0.4, -0.2) is 19.1 Å². The highest BCUT2D eigenvalue weighted by molar-refractivity contribution is 7.25. The Morgan fingerprint density at radius 1 is 0.388 bits per heavy atom. The minimum Gasteiger partial charge on any atom is -0.309 e. The standard InChI is InChI=1S/C44H26N4S/c1-2-12-28(13-3-1)47-37-19-9-5-14-29(37)34-26-40-35(25-39(34)47)30-15-6-10-20-38(30)48(40)44-45-36-18-8-4-17-33(36)43(46-44)27-22-23-32-31-16-7-11-21-41(31)49-42(32)24-27/h1-26H. The third kappa shape index (κ3) is 3.85. The number of aromatic nitrogens is 4. The average Bonchev–Trinajstić information content (AvgIpc) is 3.81. The van der Waals surface area contributed by atoms with E-state index in [1.54, 1.807) is 0 Å². The maximum Gasteiger partial charge on any atom is 0.235 e. The summed E-state index contributed by atoms with van der Waals surface area (Å²) in [5.74, 6) is 0.669. The molecule has 0 unspecified atom stereocenters. The first-order valence-corrected chi connectivity index (χ1v) is 17.3. The molecule has 0 fully saturated rings. The molecule has 0 atom stereocenters. The summed E-state index contributed by atoms with van der Waals surface area (Å²) in [6.45, 7) is 0. The quantitative estimate of drug-likeness (QED) is 0.192. The van der Waals surface area contributed by atoms with Gasteiger partial charge in [0.05, 0.1) is 33.3 Å². The van der Waals surface area contributed by atoms with E-state index in [1.165, 1.54) is 52.8 Å². The van der Waals surface area contributed by atoms with E-state index in [0.29, 0.717) is 5.95 Å². The summed E-state index contributed by atoms with van der Waals surface area (Å²) >= 11 is 1.83. The minimum atomic E-state index is 0.669. The zero-order chi connectivity index (χ0) is 32.1. The molecule has 0 aliphatic rings. The topological polar surface area (TPSA) is 35.6 Å². The van der Waals surface area contributed by atoms with Gasteiger partial charge in [0.1, 0.15) is 0 Å². The lowest BCUT2D eigenvalue weighted by atomic mass is 10.0. The van der Waals surface area contributed by atoms with Crippen LogP contribution in [0.1, 0.15) is 0 Å². The summed E-state index contributed by atoms with van der Waals surface area (Å²) < 4.78 is 7.20. The molecule has 0 aliphatic carbocycles. The zero-order valence-electron chi connectivity index (χ0n) is 26.2. The van der Waals surface area contributed by atoms with Gasteiger partial charge in [-0.1, -0.05) is 103 Å². The molecule has 0 saturated heterocycles. The molecule has 4 aromatic heterocycles. The molecule has 4 heterocycles. The van der Waals surface area contributed by atoms with Crippen LogP contribution in [0.4, 0.5) is 0 Å². The highest BCUT2D eigenvalue weighted by atomic mass is 32.1. The Kier molecular flexibility index (Phi) is 5.51. The fourth-order valence-corrected chi connectivity index (χ4v) is 8.90. The smallest absolute Gasteiger partial charge is 0.235 e. The van der Waals surface area contributed by atoms with E-state index in [4.69, 9.17) is 9.97 Å². The fraction of sp³-hybridized carbons (Fsp3) is 0. The molecule has 0 radical (unpaired) electrons. The van der Waals surface area contributed by atoms with Crippen LogP contribution in [0.5, 0.6) is 0 Å². The summed E-state index contributed by atoms with van der Waals surface area (Å²) in [4.78, 5) is 10.7. The highest BCUT2D eigenvalue weighted by Crippen LogP contribution is 2.41. The van der Waals surface area contributed by atoms with Crippen molar-refractivity contribution in [1.29, 1.82) is 0 Å². The number of thiophene rings is 1. The van der Waals surface area contributed by atoms with Gasteiger partial charge in [-0.2, -0.15) is 0 Å². The van der Waals surface area contributed by atoms with Gasteiger partial charge in [-0.3, -0.25) is 4.57 Å². The van der Waals surface area contributed by atoms with E-state index in [1.807, 2.05) is 11.3 Å². The van der Waals surface area contributed by atoms with Crippen molar-refractivity contribution in [3.8, 4) is 22.9 Å². The number of hydrogen-bond donors (Lipinski definition) is 0. The molecule has 5 heteroatoms. The van der Waals surface area contributed by atoms with E-state index in [2.05, 4.69) is 167 Å². The molecule has 7 aromatic carbocycles. The Morgan fingerprint density at radius 3 is 1.76 bits per heavy atom. The van der Waals surface area contributed by atoms with Crippen molar-refractivity contribution in [3.05, 3.63) is 158 Å². The summed E-state index contributed by atoms with van der Waals surface area (Å²) in [6, 6.07) is 56.4. The lowest BCUT2D eigenvalue weighted by molar-refractivity contribution is 1.01. The van der Waals surface area contributed by atoms with Crippen LogP contribution >= 0.6 is 11.3 Å². The third-order valence-electron chi connectivity index (χ3n) is 9.92. The predicted molar refractivity (Wildman–Crippen MR) is 207 cm³/mol. The van der Waals surface area contributed by atoms with Gasteiger partial charge in [-0.25, -0.2) is 9.97 Å². The zero-order valence-corrected chi connectivity index (χ0v) is 27.0. The summed E-state index contributed by atoms with van der Waals surface area (Å²) in [6.07, 6.45) is 0. The van der Waals surface area contributed by atoms with Crippen molar-refractivity contribution in [2.45, 2.75) is 0 Å². The van der Waals surface area contributed by atoms with E-state index < -0.39 is 0 Å². The van der Waals surface area contributed by atoms with Crippen LogP contribution in [-0.2, 0) is 0 Å². The normalized spacial score (nSPS) is 12.1. The van der Waals surface area contributed by atoms with Crippen LogP contribution in [0.2, 0.25) is 0 Å². The van der Waals surface area contributed by atoms with Crippen LogP contribution in [0.3, 0.4) is 0 Å². The first kappa shape index (κ1) is 26.7. The number of rotatable bonds is 3. The Morgan fingerprint density at radius 2 is 0.980 bits per heavy atom. The molecular formula is C44H26N4S. The molecule has 49 heavy (non-hydrogen) atoms. The van der Waals surface area contributed by atoms with Gasteiger partial charge in [0.25, 0.3) is 0 Å². The second kappa shape index (κ2) is 10.1. The molecule has 0 bridgehead atoms. The van der Waals surface area contributed by atoms with Crippen molar-refractivity contribution in [2.24, 2.45) is 0 Å². The molecule has 0 N–H and O–H groups in total. The Hall–Kier alpha value is -6.30. The van der Waals surface area contributed by atoms with Gasteiger partial charge in [0.15, 0.2) is 0 Å². The lowest BCUT2D eigenvalue weighted by Gasteiger charge is -2.12. The monoisotopic (exact) mass is 642 g/mol. The number of para-hydroxylation sites is 4. The molecule has 0 amide bonds. The van der Waals surface area contributed by atoms with Crippen molar-refractivity contribution in [3.63, 3.8) is 0 Å². The van der Waals surface area contributed by atoms with Gasteiger partial charge >= 0.3 is 0 Å². The van der Waals surface area contributed by atoms with Gasteiger partial charge < -0.3 is 4.57 Å². The Labute approximate surface area is 284 Å². The molecule has 228 valence electrons. The average molecular weight is 643 g/mol. The van der Waals surface area contributed by atoms with Crippen molar-refractivity contribution >= 4 is 86.0 Å². The third-order valence-corrected chi connectivity index (χ3v) is 11.1. The van der Waals surface area contributed by atoms with Gasteiger partial charge in [0.2, 0.25) is 5.95 Å². The van der Waals surface area contributed by atoms with Crippen LogP contribution in [0.15, 0.2) is 158 Å². The molecule has 11 rings (SSSR count). The van der Waals surface area contributed by atoms with Crippen LogP contribution in [0, 0.1) is 0 Å². The highest BCUT2D eigenvalue weighted by Gasteiger charge is 2.21.